The molecule has 0 fully saturated rings. The minimum absolute atomic E-state index is 0.148. The molecule has 5 nitrogen and oxygen atoms in total. The average Bonchev–Trinajstić information content (AvgIpc) is 2.80. The van der Waals surface area contributed by atoms with Crippen LogP contribution >= 0.6 is 11.6 Å². The SMILES string of the molecule is CCn1nc2c(n1)C(C)N(C)c1c-2ccnc1Cl. The number of anilines is 1. The van der Waals surface area contributed by atoms with Crippen molar-refractivity contribution < 1.29 is 0 Å². The molecule has 0 aromatic carbocycles. The van der Waals surface area contributed by atoms with E-state index in [9.17, 15) is 0 Å². The largest absolute Gasteiger partial charge is 0.363 e. The molecule has 1 aliphatic heterocycles. The van der Waals surface area contributed by atoms with Gasteiger partial charge >= 0.3 is 0 Å². The highest BCUT2D eigenvalue weighted by Crippen LogP contribution is 2.44. The minimum Gasteiger partial charge on any atom is -0.363 e. The van der Waals surface area contributed by atoms with Crippen molar-refractivity contribution in [3.63, 3.8) is 0 Å². The van der Waals surface area contributed by atoms with E-state index < -0.39 is 0 Å². The summed E-state index contributed by atoms with van der Waals surface area (Å²) >= 11 is 6.20. The molecule has 1 unspecified atom stereocenters. The Bertz CT molecular complexity index is 607. The molecule has 0 radical (unpaired) electrons. The summed E-state index contributed by atoms with van der Waals surface area (Å²) in [7, 11) is 2.00. The van der Waals surface area contributed by atoms with Crippen molar-refractivity contribution in [1.82, 2.24) is 20.0 Å². The highest BCUT2D eigenvalue weighted by molar-refractivity contribution is 6.32. The van der Waals surface area contributed by atoms with Gasteiger partial charge in [0.25, 0.3) is 0 Å². The van der Waals surface area contributed by atoms with Crippen molar-refractivity contribution >= 4 is 17.3 Å². The van der Waals surface area contributed by atoms with Crippen LogP contribution in [0, 0.1) is 0 Å². The number of pyridine rings is 1. The molecule has 0 spiro atoms. The first kappa shape index (κ1) is 11.5. The van der Waals surface area contributed by atoms with Crippen molar-refractivity contribution in [2.24, 2.45) is 0 Å². The monoisotopic (exact) mass is 263 g/mol. The molecule has 2 aromatic heterocycles. The fraction of sp³-hybridized carbons (Fsp3) is 0.417. The molecule has 1 aliphatic rings. The van der Waals surface area contributed by atoms with Crippen LogP contribution in [0.1, 0.15) is 25.6 Å². The molecule has 3 rings (SSSR count). The van der Waals surface area contributed by atoms with E-state index in [4.69, 9.17) is 11.6 Å². The van der Waals surface area contributed by atoms with Crippen LogP contribution in [-0.2, 0) is 6.54 Å². The van der Waals surface area contributed by atoms with E-state index in [-0.39, 0.29) is 6.04 Å². The van der Waals surface area contributed by atoms with Gasteiger partial charge < -0.3 is 4.90 Å². The second-order valence-corrected chi connectivity index (χ2v) is 4.77. The van der Waals surface area contributed by atoms with Gasteiger partial charge in [0.15, 0.2) is 5.15 Å². The van der Waals surface area contributed by atoms with Gasteiger partial charge in [-0.15, -0.1) is 0 Å². The number of halogens is 1. The highest BCUT2D eigenvalue weighted by atomic mass is 35.5. The predicted octanol–water partition coefficient (Wildman–Crippen LogP) is 2.52. The summed E-state index contributed by atoms with van der Waals surface area (Å²) in [4.78, 5) is 7.97. The van der Waals surface area contributed by atoms with Crippen LogP contribution in [-0.4, -0.2) is 27.0 Å². The standard InChI is InChI=1S/C12H14ClN5/c1-4-18-15-9-7(2)17(3)11-8(10(9)16-18)5-6-14-12(11)13/h5-7H,4H2,1-3H3. The molecule has 0 bridgehead atoms. The first-order valence-corrected chi connectivity index (χ1v) is 6.34. The molecule has 1 atom stereocenters. The second kappa shape index (κ2) is 3.95. The van der Waals surface area contributed by atoms with Crippen LogP contribution in [0.3, 0.4) is 0 Å². The molecule has 0 aliphatic carbocycles. The number of aryl methyl sites for hydroxylation is 1. The predicted molar refractivity (Wildman–Crippen MR) is 70.8 cm³/mol. The van der Waals surface area contributed by atoms with Gasteiger partial charge in [-0.25, -0.2) is 4.98 Å². The average molecular weight is 264 g/mol. The quantitative estimate of drug-likeness (QED) is 0.742. The summed E-state index contributed by atoms with van der Waals surface area (Å²) in [6.07, 6.45) is 1.71. The van der Waals surface area contributed by atoms with Crippen LogP contribution in [0.5, 0.6) is 0 Å². The number of rotatable bonds is 1. The van der Waals surface area contributed by atoms with Gasteiger partial charge in [-0.1, -0.05) is 11.6 Å². The molecule has 2 aromatic rings. The summed E-state index contributed by atoms with van der Waals surface area (Å²) in [6.45, 7) is 4.89. The van der Waals surface area contributed by atoms with Gasteiger partial charge in [-0.2, -0.15) is 15.0 Å². The Hall–Kier alpha value is -1.62. The third kappa shape index (κ3) is 1.43. The number of nitrogens with zero attached hydrogens (tertiary/aromatic N) is 5. The Balaban J connectivity index is 2.30. The number of hydrogen-bond acceptors (Lipinski definition) is 4. The topological polar surface area (TPSA) is 46.8 Å². The Labute approximate surface area is 110 Å². The Morgan fingerprint density at radius 3 is 2.89 bits per heavy atom. The van der Waals surface area contributed by atoms with Gasteiger partial charge in [-0.05, 0) is 19.9 Å². The number of fused-ring (bicyclic) bond motifs is 3. The van der Waals surface area contributed by atoms with Crippen molar-refractivity contribution in [3.8, 4) is 11.3 Å². The summed E-state index contributed by atoms with van der Waals surface area (Å²) in [6, 6.07) is 2.09. The second-order valence-electron chi connectivity index (χ2n) is 4.41. The molecule has 94 valence electrons. The van der Waals surface area contributed by atoms with Crippen molar-refractivity contribution in [3.05, 3.63) is 23.1 Å². The van der Waals surface area contributed by atoms with Crippen LogP contribution in [0.15, 0.2) is 12.3 Å². The van der Waals surface area contributed by atoms with Crippen molar-refractivity contribution in [2.75, 3.05) is 11.9 Å². The first-order valence-electron chi connectivity index (χ1n) is 5.96. The molecular formula is C12H14ClN5. The summed E-state index contributed by atoms with van der Waals surface area (Å²) < 4.78 is 0. The van der Waals surface area contributed by atoms with E-state index in [1.54, 1.807) is 11.0 Å². The zero-order valence-corrected chi connectivity index (χ0v) is 11.3. The maximum Gasteiger partial charge on any atom is 0.152 e. The minimum atomic E-state index is 0.148. The van der Waals surface area contributed by atoms with Gasteiger partial charge in [0.2, 0.25) is 0 Å². The van der Waals surface area contributed by atoms with Crippen LogP contribution < -0.4 is 4.90 Å². The van der Waals surface area contributed by atoms with Crippen LogP contribution in [0.25, 0.3) is 11.3 Å². The number of aromatic nitrogens is 4. The molecule has 0 saturated carbocycles. The Morgan fingerprint density at radius 2 is 2.17 bits per heavy atom. The fourth-order valence-electron chi connectivity index (χ4n) is 2.31. The van der Waals surface area contributed by atoms with Crippen LogP contribution in [0.2, 0.25) is 5.15 Å². The lowest BCUT2D eigenvalue weighted by atomic mass is 9.99. The lowest BCUT2D eigenvalue weighted by Gasteiger charge is -2.32. The summed E-state index contributed by atoms with van der Waals surface area (Å²) in [5.74, 6) is 0. The zero-order chi connectivity index (χ0) is 12.9. The molecular weight excluding hydrogens is 250 g/mol. The zero-order valence-electron chi connectivity index (χ0n) is 10.6. The molecule has 0 amide bonds. The molecule has 3 heterocycles. The number of hydrogen-bond donors (Lipinski definition) is 0. The third-order valence-electron chi connectivity index (χ3n) is 3.43. The van der Waals surface area contributed by atoms with Crippen molar-refractivity contribution in [2.45, 2.75) is 26.4 Å². The van der Waals surface area contributed by atoms with E-state index in [1.165, 1.54) is 0 Å². The smallest absolute Gasteiger partial charge is 0.152 e. The molecule has 0 saturated heterocycles. The van der Waals surface area contributed by atoms with Crippen LogP contribution in [0.4, 0.5) is 5.69 Å². The van der Waals surface area contributed by atoms with Crippen molar-refractivity contribution in [1.29, 1.82) is 0 Å². The molecule has 6 heteroatoms. The van der Waals surface area contributed by atoms with E-state index in [1.807, 2.05) is 20.0 Å². The van der Waals surface area contributed by atoms with Gasteiger partial charge in [0.1, 0.15) is 11.4 Å². The van der Waals surface area contributed by atoms with E-state index in [2.05, 4.69) is 27.0 Å². The Morgan fingerprint density at radius 1 is 1.39 bits per heavy atom. The Kier molecular flexibility index (Phi) is 2.52. The maximum absolute atomic E-state index is 6.20. The maximum atomic E-state index is 6.20. The normalized spacial score (nSPS) is 17.6. The lowest BCUT2D eigenvalue weighted by Crippen LogP contribution is -2.26. The van der Waals surface area contributed by atoms with E-state index in [0.29, 0.717) is 5.15 Å². The van der Waals surface area contributed by atoms with Gasteiger partial charge in [-0.3, -0.25) is 0 Å². The molecule has 18 heavy (non-hydrogen) atoms. The van der Waals surface area contributed by atoms with Gasteiger partial charge in [0.05, 0.1) is 18.3 Å². The fourth-order valence-corrected chi connectivity index (χ4v) is 2.60. The summed E-state index contributed by atoms with van der Waals surface area (Å²) in [5, 5.41) is 9.57. The summed E-state index contributed by atoms with van der Waals surface area (Å²) in [5.41, 5.74) is 3.85. The van der Waals surface area contributed by atoms with E-state index in [0.717, 1.165) is 29.2 Å². The van der Waals surface area contributed by atoms with Gasteiger partial charge in [0, 0.05) is 18.8 Å². The lowest BCUT2D eigenvalue weighted by molar-refractivity contribution is 0.557. The highest BCUT2D eigenvalue weighted by Gasteiger charge is 2.31. The first-order chi connectivity index (χ1) is 8.63. The van der Waals surface area contributed by atoms with E-state index >= 15 is 0 Å². The third-order valence-corrected chi connectivity index (χ3v) is 3.70. The molecule has 0 N–H and O–H groups in total.